The molecule has 2 aliphatic heterocycles. The van der Waals surface area contributed by atoms with Gasteiger partial charge in [-0.15, -0.1) is 0 Å². The molecule has 2 atom stereocenters. The van der Waals surface area contributed by atoms with Crippen molar-refractivity contribution in [2.24, 2.45) is 11.8 Å². The van der Waals surface area contributed by atoms with Crippen LogP contribution in [-0.2, 0) is 19.6 Å². The molecule has 0 unspecified atom stereocenters. The summed E-state index contributed by atoms with van der Waals surface area (Å²) >= 11 is 0. The summed E-state index contributed by atoms with van der Waals surface area (Å²) in [4.78, 5) is 27.3. The molecule has 0 saturated carbocycles. The average Bonchev–Trinajstić information content (AvgIpc) is 2.63. The van der Waals surface area contributed by atoms with E-state index in [4.69, 9.17) is 0 Å². The number of likely N-dealkylation sites (N-methyl/N-ethyl adjacent to an activating group) is 1. The Morgan fingerprint density at radius 1 is 1.17 bits per heavy atom. The highest BCUT2D eigenvalue weighted by atomic mass is 32.2. The summed E-state index contributed by atoms with van der Waals surface area (Å²) in [6.07, 6.45) is 1.65. The van der Waals surface area contributed by atoms with Crippen LogP contribution >= 0.6 is 0 Å². The lowest BCUT2D eigenvalue weighted by atomic mass is 10.0. The fourth-order valence-corrected chi connectivity index (χ4v) is 5.66. The van der Waals surface area contributed by atoms with Crippen molar-refractivity contribution in [2.75, 3.05) is 40.3 Å². The van der Waals surface area contributed by atoms with Crippen LogP contribution in [0.5, 0.6) is 0 Å². The molecule has 0 aromatic carbocycles. The van der Waals surface area contributed by atoms with Gasteiger partial charge in [-0.05, 0) is 24.7 Å². The quantitative estimate of drug-likeness (QED) is 0.727. The standard InChI is InChI=1S/C16H29N3O4S/c1-12(2)9-15(20)18-7-5-13-10-19(11-16(21)17(3)4)24(22,23)14(13)6-8-18/h12-14H,5-11H2,1-4H3/t13-,14-/m0/s1. The second-order valence-electron chi connectivity index (χ2n) is 7.48. The largest absolute Gasteiger partial charge is 0.348 e. The molecule has 0 N–H and O–H groups in total. The van der Waals surface area contributed by atoms with Crippen molar-refractivity contribution in [1.82, 2.24) is 14.1 Å². The zero-order chi connectivity index (χ0) is 18.1. The third kappa shape index (κ3) is 4.08. The molecule has 24 heavy (non-hydrogen) atoms. The molecule has 0 aromatic heterocycles. The number of sulfonamides is 1. The highest BCUT2D eigenvalue weighted by Gasteiger charge is 2.47. The molecule has 2 heterocycles. The summed E-state index contributed by atoms with van der Waals surface area (Å²) in [7, 11) is -0.212. The summed E-state index contributed by atoms with van der Waals surface area (Å²) in [5.41, 5.74) is 0. The summed E-state index contributed by atoms with van der Waals surface area (Å²) in [6, 6.07) is 0. The van der Waals surface area contributed by atoms with E-state index in [9.17, 15) is 18.0 Å². The lowest BCUT2D eigenvalue weighted by molar-refractivity contribution is -0.132. The van der Waals surface area contributed by atoms with E-state index < -0.39 is 15.3 Å². The van der Waals surface area contributed by atoms with Crippen LogP contribution in [0.1, 0.15) is 33.1 Å². The van der Waals surface area contributed by atoms with Crippen molar-refractivity contribution in [3.8, 4) is 0 Å². The molecule has 2 rings (SSSR count). The Bertz CT molecular complexity index is 588. The maximum Gasteiger partial charge on any atom is 0.237 e. The van der Waals surface area contributed by atoms with Gasteiger partial charge in [0, 0.05) is 40.2 Å². The lowest BCUT2D eigenvalue weighted by Crippen LogP contribution is -2.39. The minimum atomic E-state index is -3.46. The second-order valence-corrected chi connectivity index (χ2v) is 9.63. The van der Waals surface area contributed by atoms with Gasteiger partial charge in [-0.2, -0.15) is 4.31 Å². The minimum Gasteiger partial charge on any atom is -0.348 e. The monoisotopic (exact) mass is 359 g/mol. The molecule has 2 amide bonds. The van der Waals surface area contributed by atoms with Crippen molar-refractivity contribution in [2.45, 2.75) is 38.4 Å². The predicted octanol–water partition coefficient (Wildman–Crippen LogP) is 0.373. The van der Waals surface area contributed by atoms with Gasteiger partial charge in [0.1, 0.15) is 0 Å². The molecule has 0 radical (unpaired) electrons. The number of carbonyl (C=O) groups excluding carboxylic acids is 2. The first-order valence-corrected chi connectivity index (χ1v) is 10.1. The van der Waals surface area contributed by atoms with Gasteiger partial charge in [-0.25, -0.2) is 8.42 Å². The Kier molecular flexibility index (Phi) is 5.91. The highest BCUT2D eigenvalue weighted by Crippen LogP contribution is 2.34. The molecule has 2 saturated heterocycles. The molecule has 0 spiro atoms. The predicted molar refractivity (Wildman–Crippen MR) is 91.7 cm³/mol. The lowest BCUT2D eigenvalue weighted by Gasteiger charge is -2.23. The molecule has 0 aromatic rings. The number of carbonyl (C=O) groups is 2. The van der Waals surface area contributed by atoms with Crippen LogP contribution in [0.25, 0.3) is 0 Å². The van der Waals surface area contributed by atoms with E-state index in [0.717, 1.165) is 0 Å². The highest BCUT2D eigenvalue weighted by molar-refractivity contribution is 7.90. The first kappa shape index (κ1) is 19.2. The number of fused-ring (bicyclic) bond motifs is 1. The molecule has 138 valence electrons. The van der Waals surface area contributed by atoms with Crippen molar-refractivity contribution in [3.63, 3.8) is 0 Å². The fraction of sp³-hybridized carbons (Fsp3) is 0.875. The van der Waals surface area contributed by atoms with Gasteiger partial charge in [-0.3, -0.25) is 9.59 Å². The first-order chi connectivity index (χ1) is 11.1. The van der Waals surface area contributed by atoms with Crippen LogP contribution in [0.15, 0.2) is 0 Å². The third-order valence-electron chi connectivity index (χ3n) is 4.91. The fourth-order valence-electron chi connectivity index (χ4n) is 3.47. The van der Waals surface area contributed by atoms with Crippen molar-refractivity contribution >= 4 is 21.8 Å². The Morgan fingerprint density at radius 2 is 1.79 bits per heavy atom. The van der Waals surface area contributed by atoms with Crippen molar-refractivity contribution in [1.29, 1.82) is 0 Å². The van der Waals surface area contributed by atoms with Gasteiger partial charge in [0.25, 0.3) is 0 Å². The molecule has 7 nitrogen and oxygen atoms in total. The van der Waals surface area contributed by atoms with Crippen molar-refractivity contribution in [3.05, 3.63) is 0 Å². The van der Waals surface area contributed by atoms with Gasteiger partial charge in [0.2, 0.25) is 21.8 Å². The van der Waals surface area contributed by atoms with Gasteiger partial charge in [0.15, 0.2) is 0 Å². The zero-order valence-electron chi connectivity index (χ0n) is 15.1. The van der Waals surface area contributed by atoms with E-state index in [-0.39, 0.29) is 24.3 Å². The second kappa shape index (κ2) is 7.39. The molecular formula is C16H29N3O4S. The maximum atomic E-state index is 12.7. The van der Waals surface area contributed by atoms with E-state index in [1.165, 1.54) is 9.21 Å². The van der Waals surface area contributed by atoms with Crippen LogP contribution in [0.4, 0.5) is 0 Å². The molecule has 0 aliphatic carbocycles. The summed E-state index contributed by atoms with van der Waals surface area (Å²) in [5, 5.41) is -0.468. The summed E-state index contributed by atoms with van der Waals surface area (Å²) in [6.45, 7) is 5.42. The van der Waals surface area contributed by atoms with Gasteiger partial charge >= 0.3 is 0 Å². The summed E-state index contributed by atoms with van der Waals surface area (Å²) < 4.78 is 26.8. The van der Waals surface area contributed by atoms with Crippen LogP contribution in [0.2, 0.25) is 0 Å². The number of likely N-dealkylation sites (tertiary alicyclic amines) is 1. The third-order valence-corrected chi connectivity index (χ3v) is 7.29. The molecule has 8 heteroatoms. The SMILES string of the molecule is CC(C)CC(=O)N1CC[C@H]2CN(CC(=O)N(C)C)S(=O)(=O)[C@H]2CC1. The van der Waals surface area contributed by atoms with E-state index in [0.29, 0.717) is 44.8 Å². The molecule has 2 fully saturated rings. The van der Waals surface area contributed by atoms with E-state index in [2.05, 4.69) is 0 Å². The van der Waals surface area contributed by atoms with Crippen molar-refractivity contribution < 1.29 is 18.0 Å². The number of amides is 2. The normalized spacial score (nSPS) is 27.0. The Hall–Kier alpha value is -1.15. The molecule has 0 bridgehead atoms. The smallest absolute Gasteiger partial charge is 0.237 e. The number of hydrogen-bond acceptors (Lipinski definition) is 4. The van der Waals surface area contributed by atoms with Crippen LogP contribution in [-0.4, -0.2) is 79.9 Å². The molecular weight excluding hydrogens is 330 g/mol. The van der Waals surface area contributed by atoms with E-state index in [1.54, 1.807) is 14.1 Å². The number of hydrogen-bond donors (Lipinski definition) is 0. The van der Waals surface area contributed by atoms with E-state index >= 15 is 0 Å². The Balaban J connectivity index is 2.04. The van der Waals surface area contributed by atoms with Gasteiger partial charge in [0.05, 0.1) is 11.8 Å². The maximum absolute atomic E-state index is 12.7. The van der Waals surface area contributed by atoms with Gasteiger partial charge < -0.3 is 9.80 Å². The molecule has 2 aliphatic rings. The van der Waals surface area contributed by atoms with Crippen LogP contribution < -0.4 is 0 Å². The number of rotatable bonds is 4. The summed E-state index contributed by atoms with van der Waals surface area (Å²) in [5.74, 6) is 0.212. The van der Waals surface area contributed by atoms with Gasteiger partial charge in [-0.1, -0.05) is 13.8 Å². The minimum absolute atomic E-state index is 0.00168. The van der Waals surface area contributed by atoms with Crippen LogP contribution in [0, 0.1) is 11.8 Å². The Labute approximate surface area is 145 Å². The Morgan fingerprint density at radius 3 is 2.38 bits per heavy atom. The topological polar surface area (TPSA) is 78.0 Å². The first-order valence-electron chi connectivity index (χ1n) is 8.59. The average molecular weight is 359 g/mol. The number of nitrogens with zero attached hydrogens (tertiary/aromatic N) is 3. The zero-order valence-corrected chi connectivity index (χ0v) is 15.9. The van der Waals surface area contributed by atoms with E-state index in [1.807, 2.05) is 18.7 Å². The van der Waals surface area contributed by atoms with Crippen LogP contribution in [0.3, 0.4) is 0 Å².